The van der Waals surface area contributed by atoms with Gasteiger partial charge in [0.2, 0.25) is 0 Å². The second-order valence-corrected chi connectivity index (χ2v) is 3.57. The van der Waals surface area contributed by atoms with Crippen molar-refractivity contribution in [2.45, 2.75) is 0 Å². The Kier molecular flexibility index (Phi) is 2.44. The lowest BCUT2D eigenvalue weighted by Crippen LogP contribution is -1.85. The van der Waals surface area contributed by atoms with Crippen molar-refractivity contribution in [1.82, 2.24) is 0 Å². The quantitative estimate of drug-likeness (QED) is 0.815. The second-order valence-electron chi connectivity index (χ2n) is 3.57. The lowest BCUT2D eigenvalue weighted by Gasteiger charge is -2.04. The molecule has 0 aliphatic heterocycles. The smallest absolute Gasteiger partial charge is 0.126 e. The molecule has 0 heterocycles. The first kappa shape index (κ1) is 7.96. The van der Waals surface area contributed by atoms with E-state index in [1.165, 1.54) is 18.2 Å². The molecule has 17 heavy (non-hydrogen) atoms. The fourth-order valence-electron chi connectivity index (χ4n) is 1.51. The Balaban J connectivity index is 2.30. The number of aromatic hydroxyl groups is 1. The topological polar surface area (TPSA) is 29.5 Å². The van der Waals surface area contributed by atoms with Gasteiger partial charge in [-0.25, -0.2) is 0 Å². The number of hydrogen-bond acceptors (Lipinski definition) is 2. The van der Waals surface area contributed by atoms with E-state index >= 15 is 0 Å². The summed E-state index contributed by atoms with van der Waals surface area (Å²) in [6, 6.07) is 13.8. The summed E-state index contributed by atoms with van der Waals surface area (Å²) in [7, 11) is -2.52. The van der Waals surface area contributed by atoms with Gasteiger partial charge in [-0.15, -0.1) is 0 Å². The second kappa shape index (κ2) is 5.21. The van der Waals surface area contributed by atoms with Gasteiger partial charge in [-0.3, -0.25) is 0 Å². The number of rotatable bonds is 3. The monoisotopic (exact) mass is 229 g/mol. The fourth-order valence-corrected chi connectivity index (χ4v) is 1.51. The largest absolute Gasteiger partial charge is 0.508 e. The van der Waals surface area contributed by atoms with Crippen LogP contribution in [0.4, 0.5) is 0 Å². The molecule has 1 N–H and O–H groups in total. The minimum Gasteiger partial charge on any atom is -0.508 e. The molecule has 0 saturated heterocycles. The molecule has 0 aromatic heterocycles. The average Bonchev–Trinajstić information content (AvgIpc) is 2.39. The van der Waals surface area contributed by atoms with Crippen molar-refractivity contribution in [3.05, 3.63) is 59.7 Å². The van der Waals surface area contributed by atoms with Gasteiger partial charge in [-0.05, 0) is 23.8 Å². The average molecular weight is 229 g/mol. The molecule has 0 aliphatic rings. The molecular formula is C15H14O2. The molecule has 0 atom stereocenters. The predicted octanol–water partition coefficient (Wildman–Crippen LogP) is 3.57. The van der Waals surface area contributed by atoms with Crippen LogP contribution in [0.1, 0.15) is 15.2 Å². The summed E-state index contributed by atoms with van der Waals surface area (Å²) in [6.07, 6.45) is 3.53. The summed E-state index contributed by atoms with van der Waals surface area (Å²) in [5.41, 5.74) is 1.47. The predicted molar refractivity (Wildman–Crippen MR) is 70.0 cm³/mol. The van der Waals surface area contributed by atoms with Crippen molar-refractivity contribution < 1.29 is 14.0 Å². The Labute approximate surface area is 105 Å². The first-order valence-corrected chi connectivity index (χ1v) is 5.19. The summed E-state index contributed by atoms with van der Waals surface area (Å²) in [5, 5.41) is 9.50. The molecule has 0 amide bonds. The summed E-state index contributed by atoms with van der Waals surface area (Å²) in [5.74, 6) is 0.255. The van der Waals surface area contributed by atoms with E-state index in [2.05, 4.69) is 0 Å². The molecule has 0 radical (unpaired) electrons. The highest BCUT2D eigenvalue weighted by molar-refractivity contribution is 5.73. The zero-order chi connectivity index (χ0) is 14.6. The molecule has 2 nitrogen and oxygen atoms in total. The van der Waals surface area contributed by atoms with Crippen LogP contribution in [0.15, 0.2) is 48.5 Å². The number of phenolic OH excluding ortho intramolecular Hbond substituents is 1. The van der Waals surface area contributed by atoms with Gasteiger partial charge in [0.25, 0.3) is 0 Å². The van der Waals surface area contributed by atoms with E-state index in [1.807, 2.05) is 36.4 Å². The van der Waals surface area contributed by atoms with Crippen molar-refractivity contribution in [2.24, 2.45) is 0 Å². The van der Waals surface area contributed by atoms with Crippen LogP contribution < -0.4 is 4.74 Å². The summed E-state index contributed by atoms with van der Waals surface area (Å²) in [4.78, 5) is 0. The van der Waals surface area contributed by atoms with Gasteiger partial charge in [0.05, 0.1) is 11.2 Å². The van der Waals surface area contributed by atoms with Crippen molar-refractivity contribution in [3.63, 3.8) is 0 Å². The molecule has 2 aromatic rings. The van der Waals surface area contributed by atoms with Crippen molar-refractivity contribution in [1.29, 1.82) is 0 Å². The Morgan fingerprint density at radius 1 is 1.12 bits per heavy atom. The Morgan fingerprint density at radius 3 is 2.71 bits per heavy atom. The molecule has 0 aliphatic carbocycles. The first-order valence-electron chi connectivity index (χ1n) is 6.69. The lowest BCUT2D eigenvalue weighted by atomic mass is 10.1. The highest BCUT2D eigenvalue weighted by Crippen LogP contribution is 2.25. The zero-order valence-electron chi connectivity index (χ0n) is 12.1. The van der Waals surface area contributed by atoms with E-state index in [4.69, 9.17) is 8.85 Å². The molecule has 0 unspecified atom stereocenters. The van der Waals surface area contributed by atoms with E-state index in [1.54, 1.807) is 6.08 Å². The van der Waals surface area contributed by atoms with E-state index in [0.29, 0.717) is 5.56 Å². The van der Waals surface area contributed by atoms with Crippen LogP contribution in [0.3, 0.4) is 0 Å². The maximum absolute atomic E-state index is 9.50. The Bertz CT molecular complexity index is 604. The molecule has 0 fully saturated rings. The number of benzene rings is 2. The van der Waals surface area contributed by atoms with Crippen LogP contribution in [0.2, 0.25) is 0 Å². The van der Waals surface area contributed by atoms with Gasteiger partial charge >= 0.3 is 0 Å². The third kappa shape index (κ3) is 2.88. The molecule has 0 bridgehead atoms. The van der Waals surface area contributed by atoms with Crippen LogP contribution in [0.5, 0.6) is 11.5 Å². The lowest BCUT2D eigenvalue weighted by molar-refractivity contribution is 0.411. The maximum Gasteiger partial charge on any atom is 0.126 e. The minimum absolute atomic E-state index is 0.0515. The van der Waals surface area contributed by atoms with E-state index in [-0.39, 0.29) is 11.5 Å². The molecule has 2 aromatic carbocycles. The summed E-state index contributed by atoms with van der Waals surface area (Å²) < 4.78 is 26.3. The summed E-state index contributed by atoms with van der Waals surface area (Å²) >= 11 is 0. The van der Waals surface area contributed by atoms with Crippen LogP contribution in [-0.2, 0) is 0 Å². The van der Waals surface area contributed by atoms with Gasteiger partial charge in [0.1, 0.15) is 11.5 Å². The van der Waals surface area contributed by atoms with E-state index in [0.717, 1.165) is 5.56 Å². The van der Waals surface area contributed by atoms with Gasteiger partial charge in [0, 0.05) is 5.56 Å². The maximum atomic E-state index is 9.50. The van der Waals surface area contributed by atoms with Crippen LogP contribution in [0.25, 0.3) is 12.2 Å². The van der Waals surface area contributed by atoms with E-state index in [9.17, 15) is 5.11 Å². The Hall–Kier alpha value is -2.22. The molecule has 2 rings (SSSR count). The number of hydrogen-bond donors (Lipinski definition) is 1. The Morgan fingerprint density at radius 2 is 1.94 bits per heavy atom. The number of methoxy groups -OCH3 is 1. The molecule has 2 heteroatoms. The third-order valence-corrected chi connectivity index (χ3v) is 2.36. The standard InChI is InChI=1S/C15H14O2/c1-17-15-10-9-14(16)11-13(15)8-7-12-5-3-2-4-6-12/h2-11,16H,1H3/b8-7+/i1D3. The molecule has 86 valence electrons. The van der Waals surface area contributed by atoms with Crippen LogP contribution >= 0.6 is 0 Å². The van der Waals surface area contributed by atoms with Gasteiger partial charge in [-0.2, -0.15) is 0 Å². The summed E-state index contributed by atoms with van der Waals surface area (Å²) in [6.45, 7) is 0. The molecule has 0 spiro atoms. The number of phenols is 1. The molecule has 0 saturated carbocycles. The SMILES string of the molecule is [2H]C([2H])([2H])Oc1ccc(O)cc1/C=C/c1ccccc1. The van der Waals surface area contributed by atoms with Gasteiger partial charge in [-0.1, -0.05) is 42.5 Å². The molecular weight excluding hydrogens is 212 g/mol. The normalized spacial score (nSPS) is 14.0. The fraction of sp³-hybridized carbons (Fsp3) is 0.0667. The first-order chi connectivity index (χ1) is 9.44. The zero-order valence-corrected chi connectivity index (χ0v) is 9.13. The van der Waals surface area contributed by atoms with E-state index < -0.39 is 7.04 Å². The van der Waals surface area contributed by atoms with Crippen molar-refractivity contribution in [3.8, 4) is 11.5 Å². The van der Waals surface area contributed by atoms with Gasteiger partial charge < -0.3 is 9.84 Å². The van der Waals surface area contributed by atoms with Gasteiger partial charge in [0.15, 0.2) is 0 Å². The van der Waals surface area contributed by atoms with Crippen LogP contribution in [-0.4, -0.2) is 12.1 Å². The highest BCUT2D eigenvalue weighted by Gasteiger charge is 2.00. The van der Waals surface area contributed by atoms with Crippen LogP contribution in [0, 0.1) is 0 Å². The number of ether oxygens (including phenoxy) is 1. The highest BCUT2D eigenvalue weighted by atomic mass is 16.5. The minimum atomic E-state index is -2.52. The third-order valence-electron chi connectivity index (χ3n) is 2.36. The van der Waals surface area contributed by atoms with Crippen molar-refractivity contribution in [2.75, 3.05) is 7.04 Å². The van der Waals surface area contributed by atoms with Crippen molar-refractivity contribution >= 4 is 12.2 Å².